The predicted molar refractivity (Wildman–Crippen MR) is 184 cm³/mol. The van der Waals surface area contributed by atoms with E-state index in [2.05, 4.69) is 158 Å². The maximum absolute atomic E-state index is 5.39. The summed E-state index contributed by atoms with van der Waals surface area (Å²) in [6.45, 7) is 4.46. The fourth-order valence-corrected chi connectivity index (χ4v) is 6.98. The molecule has 0 bridgehead atoms. The Kier molecular flexibility index (Phi) is 5.24. The molecule has 0 saturated heterocycles. The number of hydrogen-bond acceptors (Lipinski definition) is 2. The van der Waals surface area contributed by atoms with E-state index in [1.165, 1.54) is 43.4 Å². The molecule has 2 heterocycles. The van der Waals surface area contributed by atoms with Gasteiger partial charge in [-0.3, -0.25) is 4.57 Å². The van der Waals surface area contributed by atoms with Gasteiger partial charge < -0.3 is 0 Å². The maximum Gasteiger partial charge on any atom is 0.235 e. The van der Waals surface area contributed by atoms with E-state index < -0.39 is 0 Å². The molecule has 0 aliphatic heterocycles. The minimum Gasteiger partial charge on any atom is -0.278 e. The Morgan fingerprint density at radius 3 is 2.11 bits per heavy atom. The van der Waals surface area contributed by atoms with Crippen LogP contribution in [0.3, 0.4) is 0 Å². The van der Waals surface area contributed by atoms with Gasteiger partial charge in [-0.25, -0.2) is 9.97 Å². The van der Waals surface area contributed by atoms with Crippen LogP contribution in [0.1, 0.15) is 13.8 Å². The Hall–Kier alpha value is -5.54. The summed E-state index contributed by atoms with van der Waals surface area (Å²) < 4.78 is 2.24. The largest absolute Gasteiger partial charge is 0.278 e. The molecular formula is C41H29N3. The van der Waals surface area contributed by atoms with Crippen LogP contribution in [0, 0.1) is 5.41 Å². The summed E-state index contributed by atoms with van der Waals surface area (Å²) in [5.74, 6) is 0.693. The van der Waals surface area contributed by atoms with Crippen LogP contribution in [0.5, 0.6) is 0 Å². The van der Waals surface area contributed by atoms with Crippen molar-refractivity contribution in [2.75, 3.05) is 0 Å². The Bertz CT molecular complexity index is 2590. The third-order valence-corrected chi connectivity index (χ3v) is 8.97. The lowest BCUT2D eigenvalue weighted by molar-refractivity contribution is 0.723. The van der Waals surface area contributed by atoms with Crippen LogP contribution in [0.25, 0.3) is 83.8 Å². The number of benzene rings is 6. The number of para-hydroxylation sites is 1. The van der Waals surface area contributed by atoms with Crippen molar-refractivity contribution in [1.29, 1.82) is 0 Å². The molecule has 0 amide bonds. The fraction of sp³-hybridized carbons (Fsp3) is 0.0732. The summed E-state index contributed by atoms with van der Waals surface area (Å²) >= 11 is 0. The molecule has 0 unspecified atom stereocenters. The van der Waals surface area contributed by atoms with Crippen LogP contribution < -0.4 is 10.6 Å². The van der Waals surface area contributed by atoms with Crippen molar-refractivity contribution in [3.05, 3.63) is 138 Å². The van der Waals surface area contributed by atoms with Gasteiger partial charge >= 0.3 is 0 Å². The minimum absolute atomic E-state index is 0.114. The van der Waals surface area contributed by atoms with Crippen molar-refractivity contribution in [1.82, 2.24) is 14.5 Å². The lowest BCUT2D eigenvalue weighted by Crippen LogP contribution is -2.30. The average molecular weight is 564 g/mol. The Morgan fingerprint density at radius 1 is 0.523 bits per heavy atom. The molecule has 1 aliphatic carbocycles. The van der Waals surface area contributed by atoms with Crippen LogP contribution >= 0.6 is 0 Å². The van der Waals surface area contributed by atoms with Crippen LogP contribution in [-0.4, -0.2) is 14.5 Å². The Morgan fingerprint density at radius 2 is 1.23 bits per heavy atom. The van der Waals surface area contributed by atoms with E-state index in [-0.39, 0.29) is 5.41 Å². The number of nitrogens with zero attached hydrogens (tertiary/aromatic N) is 3. The van der Waals surface area contributed by atoms with Gasteiger partial charge in [-0.05, 0) is 63.0 Å². The minimum atomic E-state index is -0.114. The molecule has 0 N–H and O–H groups in total. The molecule has 0 saturated carbocycles. The first-order chi connectivity index (χ1) is 21.5. The summed E-state index contributed by atoms with van der Waals surface area (Å²) in [5.41, 5.74) is 6.52. The number of rotatable bonds is 3. The van der Waals surface area contributed by atoms with E-state index >= 15 is 0 Å². The quantitative estimate of drug-likeness (QED) is 0.215. The van der Waals surface area contributed by atoms with E-state index in [4.69, 9.17) is 9.97 Å². The van der Waals surface area contributed by atoms with Gasteiger partial charge in [0.25, 0.3) is 0 Å². The molecule has 0 radical (unpaired) electrons. The topological polar surface area (TPSA) is 30.7 Å². The van der Waals surface area contributed by atoms with E-state index in [0.29, 0.717) is 5.95 Å². The van der Waals surface area contributed by atoms with Crippen molar-refractivity contribution in [2.45, 2.75) is 13.8 Å². The molecule has 0 fully saturated rings. The molecule has 3 nitrogen and oxygen atoms in total. The first-order valence-electron chi connectivity index (χ1n) is 15.2. The van der Waals surface area contributed by atoms with Gasteiger partial charge in [-0.15, -0.1) is 0 Å². The van der Waals surface area contributed by atoms with Gasteiger partial charge in [0.05, 0.1) is 22.1 Å². The van der Waals surface area contributed by atoms with Crippen LogP contribution in [0.2, 0.25) is 0 Å². The summed E-state index contributed by atoms with van der Waals surface area (Å²) in [4.78, 5) is 10.6. The lowest BCUT2D eigenvalue weighted by Gasteiger charge is -2.11. The summed E-state index contributed by atoms with van der Waals surface area (Å²) in [7, 11) is 0. The fourth-order valence-electron chi connectivity index (χ4n) is 6.98. The van der Waals surface area contributed by atoms with Crippen molar-refractivity contribution in [3.63, 3.8) is 0 Å². The molecule has 44 heavy (non-hydrogen) atoms. The Balaban J connectivity index is 1.31. The molecular weight excluding hydrogens is 534 g/mol. The lowest BCUT2D eigenvalue weighted by atomic mass is 9.95. The molecule has 2 aromatic heterocycles. The van der Waals surface area contributed by atoms with E-state index in [1.54, 1.807) is 0 Å². The number of fused-ring (bicyclic) bond motifs is 7. The second-order valence-corrected chi connectivity index (χ2v) is 12.5. The zero-order chi connectivity index (χ0) is 29.4. The van der Waals surface area contributed by atoms with Crippen molar-refractivity contribution in [2.24, 2.45) is 5.41 Å². The van der Waals surface area contributed by atoms with Crippen LogP contribution in [0.4, 0.5) is 0 Å². The van der Waals surface area contributed by atoms with Gasteiger partial charge in [0.1, 0.15) is 0 Å². The highest BCUT2D eigenvalue weighted by Gasteiger charge is 2.22. The SMILES string of the molecule is CC1(C)C=c2nc(-n3c4ccccc4c4c5ccccc5ccc43)nc(-c3cccc(-c4ccc5ccccc5c4)c3)c2=C1. The first-order valence-corrected chi connectivity index (χ1v) is 15.2. The molecule has 208 valence electrons. The van der Waals surface area contributed by atoms with Crippen LogP contribution in [0.15, 0.2) is 127 Å². The molecule has 9 rings (SSSR count). The molecule has 3 heteroatoms. The monoisotopic (exact) mass is 563 g/mol. The first kappa shape index (κ1) is 25.0. The normalized spacial score (nSPS) is 13.8. The highest BCUT2D eigenvalue weighted by Crippen LogP contribution is 2.36. The number of aromatic nitrogens is 3. The van der Waals surface area contributed by atoms with E-state index in [1.807, 2.05) is 0 Å². The van der Waals surface area contributed by atoms with Crippen molar-refractivity contribution in [3.8, 4) is 28.3 Å². The smallest absolute Gasteiger partial charge is 0.235 e. The van der Waals surface area contributed by atoms with Crippen LogP contribution in [-0.2, 0) is 0 Å². The molecule has 1 aliphatic rings. The average Bonchev–Trinajstić information content (AvgIpc) is 3.57. The van der Waals surface area contributed by atoms with E-state index in [9.17, 15) is 0 Å². The van der Waals surface area contributed by atoms with Gasteiger partial charge in [-0.2, -0.15) is 0 Å². The van der Waals surface area contributed by atoms with Gasteiger partial charge in [0, 0.05) is 27.0 Å². The Labute approximate surface area is 255 Å². The summed E-state index contributed by atoms with van der Waals surface area (Å²) in [5, 5.41) is 9.48. The molecule has 0 spiro atoms. The van der Waals surface area contributed by atoms with Gasteiger partial charge in [0.15, 0.2) is 0 Å². The molecule has 0 atom stereocenters. The standard InChI is InChI=1S/C41H29N3/c1-41(2)24-34-35(25-41)42-40(44-36-17-8-7-16-33(36)38-32-15-6-5-11-27(32)20-21-37(38)44)43-39(34)31-14-9-13-29(23-31)30-19-18-26-10-3-4-12-28(26)22-30/h3-25H,1-2H3. The highest BCUT2D eigenvalue weighted by molar-refractivity contribution is 6.21. The van der Waals surface area contributed by atoms with Gasteiger partial charge in [-0.1, -0.05) is 123 Å². The highest BCUT2D eigenvalue weighted by atomic mass is 15.2. The van der Waals surface area contributed by atoms with Crippen molar-refractivity contribution >= 4 is 55.5 Å². The molecule has 8 aromatic rings. The zero-order valence-electron chi connectivity index (χ0n) is 24.6. The maximum atomic E-state index is 5.39. The zero-order valence-corrected chi connectivity index (χ0v) is 24.6. The summed E-state index contributed by atoms with van der Waals surface area (Å²) in [6.07, 6.45) is 4.58. The predicted octanol–water partition coefficient (Wildman–Crippen LogP) is 8.81. The van der Waals surface area contributed by atoms with Crippen molar-refractivity contribution < 1.29 is 0 Å². The third-order valence-electron chi connectivity index (χ3n) is 8.97. The van der Waals surface area contributed by atoms with E-state index in [0.717, 1.165) is 32.9 Å². The second kappa shape index (κ2) is 9.23. The summed E-state index contributed by atoms with van der Waals surface area (Å²) in [6, 6.07) is 45.6. The number of hydrogen-bond donors (Lipinski definition) is 0. The second-order valence-electron chi connectivity index (χ2n) is 12.5. The molecule has 6 aromatic carbocycles. The third kappa shape index (κ3) is 3.83. The van der Waals surface area contributed by atoms with Gasteiger partial charge in [0.2, 0.25) is 5.95 Å².